The van der Waals surface area contributed by atoms with Gasteiger partial charge in [0.1, 0.15) is 0 Å². The van der Waals surface area contributed by atoms with Crippen LogP contribution in [0.25, 0.3) is 0 Å². The Morgan fingerprint density at radius 1 is 1.24 bits per heavy atom. The summed E-state index contributed by atoms with van der Waals surface area (Å²) in [4.78, 5) is 0. The first kappa shape index (κ1) is 14.8. The number of nitrogens with two attached hydrogens (primary N) is 1. The van der Waals surface area contributed by atoms with Gasteiger partial charge in [0.05, 0.1) is 21.7 Å². The molecule has 96 valence electrons. The van der Waals surface area contributed by atoms with Crippen LogP contribution in [0.4, 0.5) is 0 Å². The highest BCUT2D eigenvalue weighted by atomic mass is 35.5. The first-order valence-corrected chi connectivity index (χ1v) is 6.52. The molecule has 1 aromatic carbocycles. The minimum atomic E-state index is -0.350. The summed E-state index contributed by atoms with van der Waals surface area (Å²) in [6.45, 7) is 4.15. The zero-order chi connectivity index (χ0) is 13.1. The topological polar surface area (TPSA) is 35.2 Å². The Hall–Kier alpha value is -0.280. The van der Waals surface area contributed by atoms with Crippen molar-refractivity contribution in [2.75, 3.05) is 7.11 Å². The summed E-state index contributed by atoms with van der Waals surface area (Å²) in [5.41, 5.74) is 6.90. The molecule has 0 fully saturated rings. The van der Waals surface area contributed by atoms with Crippen LogP contribution >= 0.6 is 23.2 Å². The minimum Gasteiger partial charge on any atom is -0.376 e. The predicted octanol–water partition coefficient (Wildman–Crippen LogP) is 4.20. The van der Waals surface area contributed by atoms with Crippen LogP contribution in [0.1, 0.15) is 38.3 Å². The van der Waals surface area contributed by atoms with E-state index in [2.05, 4.69) is 13.8 Å². The Kier molecular flexibility index (Phi) is 5.26. The normalized spacial score (nSPS) is 13.8. The third-order valence-corrected chi connectivity index (χ3v) is 4.21. The van der Waals surface area contributed by atoms with Crippen molar-refractivity contribution in [2.24, 2.45) is 5.73 Å². The largest absolute Gasteiger partial charge is 0.376 e. The second-order valence-corrected chi connectivity index (χ2v) is 4.94. The molecule has 0 spiro atoms. The average molecular weight is 276 g/mol. The fourth-order valence-corrected chi connectivity index (χ4v) is 2.42. The van der Waals surface area contributed by atoms with E-state index in [0.717, 1.165) is 18.4 Å². The fourth-order valence-electron chi connectivity index (χ4n) is 2.12. The van der Waals surface area contributed by atoms with Crippen LogP contribution < -0.4 is 5.73 Å². The van der Waals surface area contributed by atoms with Crippen molar-refractivity contribution in [1.82, 2.24) is 0 Å². The van der Waals surface area contributed by atoms with Gasteiger partial charge in [0, 0.05) is 7.11 Å². The van der Waals surface area contributed by atoms with E-state index in [-0.39, 0.29) is 11.6 Å². The van der Waals surface area contributed by atoms with E-state index in [1.165, 1.54) is 0 Å². The van der Waals surface area contributed by atoms with Crippen LogP contribution in [-0.4, -0.2) is 12.7 Å². The molecule has 0 heterocycles. The molecule has 0 amide bonds. The number of benzene rings is 1. The number of hydrogen-bond donors (Lipinski definition) is 1. The van der Waals surface area contributed by atoms with E-state index in [4.69, 9.17) is 33.7 Å². The van der Waals surface area contributed by atoms with Crippen molar-refractivity contribution in [3.8, 4) is 0 Å². The highest BCUT2D eigenvalue weighted by Crippen LogP contribution is 2.35. The number of ether oxygens (including phenoxy) is 1. The molecule has 2 nitrogen and oxygen atoms in total. The van der Waals surface area contributed by atoms with E-state index in [9.17, 15) is 0 Å². The summed E-state index contributed by atoms with van der Waals surface area (Å²) in [6.07, 6.45) is 1.70. The molecule has 0 bridgehead atoms. The van der Waals surface area contributed by atoms with Gasteiger partial charge in [-0.2, -0.15) is 0 Å². The van der Waals surface area contributed by atoms with Crippen LogP contribution in [0, 0.1) is 0 Å². The fraction of sp³-hybridized carbons (Fsp3) is 0.538. The molecule has 1 aromatic rings. The third-order valence-electron chi connectivity index (χ3n) is 3.47. The minimum absolute atomic E-state index is 0.211. The van der Waals surface area contributed by atoms with Gasteiger partial charge in [0.15, 0.2) is 0 Å². The Balaban J connectivity index is 3.09. The molecule has 1 unspecified atom stereocenters. The average Bonchev–Trinajstić information content (AvgIpc) is 2.35. The standard InChI is InChI=1S/C13H19Cl2NO/c1-4-13(5-2,17-3)12(16)9-6-7-10(14)11(15)8-9/h6-8,12H,4-5,16H2,1-3H3. The molecule has 2 N–H and O–H groups in total. The van der Waals surface area contributed by atoms with Crippen molar-refractivity contribution >= 4 is 23.2 Å². The summed E-state index contributed by atoms with van der Waals surface area (Å²) < 4.78 is 5.62. The van der Waals surface area contributed by atoms with Gasteiger partial charge in [-0.05, 0) is 30.5 Å². The van der Waals surface area contributed by atoms with E-state index in [1.54, 1.807) is 13.2 Å². The Morgan fingerprint density at radius 3 is 2.24 bits per heavy atom. The van der Waals surface area contributed by atoms with Crippen LogP contribution in [0.3, 0.4) is 0 Å². The highest BCUT2D eigenvalue weighted by molar-refractivity contribution is 6.42. The zero-order valence-electron chi connectivity index (χ0n) is 10.5. The smallest absolute Gasteiger partial charge is 0.0865 e. The van der Waals surface area contributed by atoms with Crippen LogP contribution in [0.15, 0.2) is 18.2 Å². The van der Waals surface area contributed by atoms with Crippen LogP contribution in [0.2, 0.25) is 10.0 Å². The van der Waals surface area contributed by atoms with E-state index in [0.29, 0.717) is 10.0 Å². The lowest BCUT2D eigenvalue weighted by molar-refractivity contribution is -0.0385. The molecule has 0 saturated carbocycles. The molecular weight excluding hydrogens is 257 g/mol. The van der Waals surface area contributed by atoms with Crippen molar-refractivity contribution in [3.05, 3.63) is 33.8 Å². The van der Waals surface area contributed by atoms with E-state index in [1.807, 2.05) is 12.1 Å². The Labute approximate surface area is 113 Å². The maximum absolute atomic E-state index is 6.30. The lowest BCUT2D eigenvalue weighted by Gasteiger charge is -2.36. The van der Waals surface area contributed by atoms with Crippen LogP contribution in [0.5, 0.6) is 0 Å². The van der Waals surface area contributed by atoms with Gasteiger partial charge < -0.3 is 10.5 Å². The second-order valence-electron chi connectivity index (χ2n) is 4.13. The first-order valence-electron chi connectivity index (χ1n) is 5.76. The van der Waals surface area contributed by atoms with Gasteiger partial charge in [-0.1, -0.05) is 43.1 Å². The molecule has 0 aliphatic heterocycles. The first-order chi connectivity index (χ1) is 8.00. The molecule has 4 heteroatoms. The molecule has 0 saturated heterocycles. The third kappa shape index (κ3) is 2.94. The molecular formula is C13H19Cl2NO. The number of methoxy groups -OCH3 is 1. The SMILES string of the molecule is CCC(CC)(OC)C(N)c1ccc(Cl)c(Cl)c1. The van der Waals surface area contributed by atoms with Gasteiger partial charge in [-0.25, -0.2) is 0 Å². The predicted molar refractivity (Wildman–Crippen MR) is 73.7 cm³/mol. The molecule has 0 aliphatic rings. The summed E-state index contributed by atoms with van der Waals surface area (Å²) in [7, 11) is 1.70. The van der Waals surface area contributed by atoms with Gasteiger partial charge in [0.25, 0.3) is 0 Å². The molecule has 0 aromatic heterocycles. The summed E-state index contributed by atoms with van der Waals surface area (Å²) in [5.74, 6) is 0. The lowest BCUT2D eigenvalue weighted by atomic mass is 9.84. The molecule has 0 aliphatic carbocycles. The monoisotopic (exact) mass is 275 g/mol. The number of hydrogen-bond acceptors (Lipinski definition) is 2. The highest BCUT2D eigenvalue weighted by Gasteiger charge is 2.34. The van der Waals surface area contributed by atoms with Crippen molar-refractivity contribution in [1.29, 1.82) is 0 Å². The molecule has 1 atom stereocenters. The van der Waals surface area contributed by atoms with E-state index < -0.39 is 0 Å². The second kappa shape index (κ2) is 6.05. The van der Waals surface area contributed by atoms with Gasteiger partial charge in [0.2, 0.25) is 0 Å². The summed E-state index contributed by atoms with van der Waals surface area (Å²) in [5, 5.41) is 1.07. The Bertz CT molecular complexity index is 369. The van der Waals surface area contributed by atoms with Gasteiger partial charge in [-0.3, -0.25) is 0 Å². The molecule has 1 rings (SSSR count). The molecule has 17 heavy (non-hydrogen) atoms. The molecule has 0 radical (unpaired) electrons. The van der Waals surface area contributed by atoms with Crippen molar-refractivity contribution < 1.29 is 4.74 Å². The van der Waals surface area contributed by atoms with Gasteiger partial charge in [-0.15, -0.1) is 0 Å². The van der Waals surface area contributed by atoms with E-state index >= 15 is 0 Å². The summed E-state index contributed by atoms with van der Waals surface area (Å²) >= 11 is 11.9. The lowest BCUT2D eigenvalue weighted by Crippen LogP contribution is -2.42. The van der Waals surface area contributed by atoms with Crippen molar-refractivity contribution in [2.45, 2.75) is 38.3 Å². The zero-order valence-corrected chi connectivity index (χ0v) is 12.0. The number of halogens is 2. The maximum atomic E-state index is 6.30. The Morgan fingerprint density at radius 2 is 1.82 bits per heavy atom. The quantitative estimate of drug-likeness (QED) is 0.874. The van der Waals surface area contributed by atoms with Crippen molar-refractivity contribution in [3.63, 3.8) is 0 Å². The summed E-state index contributed by atoms with van der Waals surface area (Å²) in [6, 6.07) is 5.27. The van der Waals surface area contributed by atoms with Gasteiger partial charge >= 0.3 is 0 Å². The maximum Gasteiger partial charge on any atom is 0.0865 e. The number of rotatable bonds is 5. The van der Waals surface area contributed by atoms with Crippen LogP contribution in [-0.2, 0) is 4.74 Å².